The van der Waals surface area contributed by atoms with E-state index in [0.29, 0.717) is 16.7 Å². The number of hydrogen-bond donors (Lipinski definition) is 1. The Balaban J connectivity index is 2.48. The van der Waals surface area contributed by atoms with Gasteiger partial charge in [0.2, 0.25) is 0 Å². The van der Waals surface area contributed by atoms with Gasteiger partial charge in [-0.05, 0) is 42.7 Å². The molecule has 4 heteroatoms. The lowest BCUT2D eigenvalue weighted by Gasteiger charge is -2.27. The lowest BCUT2D eigenvalue weighted by Crippen LogP contribution is -2.24. The van der Waals surface area contributed by atoms with E-state index in [1.165, 1.54) is 6.07 Å². The number of aliphatic hydroxyl groups is 1. The number of rotatable bonds is 2. The molecular weight excluding hydrogens is 265 g/mol. The molecule has 0 spiro atoms. The second-order valence-corrected chi connectivity index (χ2v) is 4.97. The highest BCUT2D eigenvalue weighted by molar-refractivity contribution is 5.42. The van der Waals surface area contributed by atoms with E-state index in [9.17, 15) is 18.3 Å². The van der Waals surface area contributed by atoms with E-state index >= 15 is 0 Å². The first-order valence-electron chi connectivity index (χ1n) is 6.19. The SMILES string of the molecule is Cc1cc(C(F)(F)F)ccc1C(C)(O)c1ccccc1. The Hall–Kier alpha value is -1.81. The van der Waals surface area contributed by atoms with Crippen molar-refractivity contribution < 1.29 is 18.3 Å². The minimum atomic E-state index is -4.37. The fourth-order valence-corrected chi connectivity index (χ4v) is 2.30. The second kappa shape index (κ2) is 4.94. The number of alkyl halides is 3. The Morgan fingerprint density at radius 3 is 2.00 bits per heavy atom. The van der Waals surface area contributed by atoms with Crippen LogP contribution >= 0.6 is 0 Å². The highest BCUT2D eigenvalue weighted by atomic mass is 19.4. The van der Waals surface area contributed by atoms with E-state index in [2.05, 4.69) is 0 Å². The molecule has 20 heavy (non-hydrogen) atoms. The van der Waals surface area contributed by atoms with Crippen molar-refractivity contribution >= 4 is 0 Å². The van der Waals surface area contributed by atoms with Crippen LogP contribution < -0.4 is 0 Å². The fourth-order valence-electron chi connectivity index (χ4n) is 2.30. The summed E-state index contributed by atoms with van der Waals surface area (Å²) in [6.45, 7) is 3.15. The van der Waals surface area contributed by atoms with Crippen LogP contribution in [-0.4, -0.2) is 5.11 Å². The molecule has 0 aliphatic carbocycles. The lowest BCUT2D eigenvalue weighted by atomic mass is 9.85. The molecule has 2 aromatic rings. The van der Waals surface area contributed by atoms with Gasteiger partial charge in [-0.2, -0.15) is 13.2 Å². The van der Waals surface area contributed by atoms with Gasteiger partial charge in [0.15, 0.2) is 0 Å². The molecule has 0 bridgehead atoms. The van der Waals surface area contributed by atoms with Crippen LogP contribution in [0.2, 0.25) is 0 Å². The zero-order valence-corrected chi connectivity index (χ0v) is 11.2. The molecule has 0 saturated carbocycles. The van der Waals surface area contributed by atoms with E-state index < -0.39 is 17.3 Å². The van der Waals surface area contributed by atoms with Crippen molar-refractivity contribution in [1.29, 1.82) is 0 Å². The number of benzene rings is 2. The fraction of sp³-hybridized carbons (Fsp3) is 0.250. The molecule has 0 saturated heterocycles. The molecule has 1 unspecified atom stereocenters. The Bertz CT molecular complexity index is 601. The molecule has 0 aliphatic heterocycles. The average molecular weight is 280 g/mol. The third-order valence-electron chi connectivity index (χ3n) is 3.41. The summed E-state index contributed by atoms with van der Waals surface area (Å²) in [5.74, 6) is 0. The molecule has 2 aromatic carbocycles. The normalized spacial score (nSPS) is 14.9. The number of halogens is 3. The minimum absolute atomic E-state index is 0.411. The highest BCUT2D eigenvalue weighted by Gasteiger charge is 2.33. The van der Waals surface area contributed by atoms with E-state index in [1.807, 2.05) is 6.07 Å². The molecule has 106 valence electrons. The van der Waals surface area contributed by atoms with Gasteiger partial charge < -0.3 is 5.11 Å². The molecule has 0 aliphatic rings. The molecule has 1 N–H and O–H groups in total. The summed E-state index contributed by atoms with van der Waals surface area (Å²) in [4.78, 5) is 0. The molecular formula is C16H15F3O. The van der Waals surface area contributed by atoms with Gasteiger partial charge in [0.05, 0.1) is 5.56 Å². The van der Waals surface area contributed by atoms with Gasteiger partial charge in [-0.25, -0.2) is 0 Å². The maximum Gasteiger partial charge on any atom is 0.416 e. The summed E-state index contributed by atoms with van der Waals surface area (Å²) in [6, 6.07) is 12.3. The van der Waals surface area contributed by atoms with Crippen LogP contribution in [0.4, 0.5) is 13.2 Å². The van der Waals surface area contributed by atoms with Gasteiger partial charge in [0, 0.05) is 0 Å². The molecule has 0 fully saturated rings. The first-order chi connectivity index (χ1) is 9.23. The summed E-state index contributed by atoms with van der Waals surface area (Å²) in [5, 5.41) is 10.7. The van der Waals surface area contributed by atoms with Crippen LogP contribution in [0.25, 0.3) is 0 Å². The van der Waals surface area contributed by atoms with Crippen LogP contribution in [0.3, 0.4) is 0 Å². The maximum atomic E-state index is 12.7. The van der Waals surface area contributed by atoms with Gasteiger partial charge >= 0.3 is 6.18 Å². The monoisotopic (exact) mass is 280 g/mol. The average Bonchev–Trinajstić information content (AvgIpc) is 2.38. The quantitative estimate of drug-likeness (QED) is 0.871. The summed E-state index contributed by atoms with van der Waals surface area (Å²) in [5.41, 5.74) is -0.508. The third kappa shape index (κ3) is 2.70. The van der Waals surface area contributed by atoms with E-state index in [4.69, 9.17) is 0 Å². The second-order valence-electron chi connectivity index (χ2n) is 4.97. The summed E-state index contributed by atoms with van der Waals surface area (Å²) >= 11 is 0. The highest BCUT2D eigenvalue weighted by Crippen LogP contribution is 2.35. The van der Waals surface area contributed by atoms with Crippen LogP contribution in [0.15, 0.2) is 48.5 Å². The van der Waals surface area contributed by atoms with Gasteiger partial charge in [-0.1, -0.05) is 36.4 Å². The lowest BCUT2D eigenvalue weighted by molar-refractivity contribution is -0.137. The van der Waals surface area contributed by atoms with Crippen LogP contribution in [-0.2, 0) is 11.8 Å². The first-order valence-corrected chi connectivity index (χ1v) is 6.19. The maximum absolute atomic E-state index is 12.7. The Morgan fingerprint density at radius 2 is 1.50 bits per heavy atom. The van der Waals surface area contributed by atoms with Crippen molar-refractivity contribution in [2.75, 3.05) is 0 Å². The summed E-state index contributed by atoms with van der Waals surface area (Å²) in [6.07, 6.45) is -4.37. The Kier molecular flexibility index (Phi) is 3.61. The molecule has 2 rings (SSSR count). The number of hydrogen-bond acceptors (Lipinski definition) is 1. The van der Waals surface area contributed by atoms with Gasteiger partial charge in [-0.15, -0.1) is 0 Å². The van der Waals surface area contributed by atoms with Crippen LogP contribution in [0.5, 0.6) is 0 Å². The molecule has 0 heterocycles. The van der Waals surface area contributed by atoms with E-state index in [-0.39, 0.29) is 0 Å². The zero-order valence-electron chi connectivity index (χ0n) is 11.2. The van der Waals surface area contributed by atoms with Crippen molar-refractivity contribution in [3.05, 3.63) is 70.8 Å². The summed E-state index contributed by atoms with van der Waals surface area (Å²) < 4.78 is 38.0. The summed E-state index contributed by atoms with van der Waals surface area (Å²) in [7, 11) is 0. The van der Waals surface area contributed by atoms with Gasteiger partial charge in [0.25, 0.3) is 0 Å². The molecule has 1 atom stereocenters. The van der Waals surface area contributed by atoms with Crippen molar-refractivity contribution in [2.45, 2.75) is 25.6 Å². The van der Waals surface area contributed by atoms with Gasteiger partial charge in [0.1, 0.15) is 5.60 Å². The zero-order chi connectivity index (χ0) is 15.0. The van der Waals surface area contributed by atoms with Crippen molar-refractivity contribution in [3.63, 3.8) is 0 Å². The van der Waals surface area contributed by atoms with Crippen molar-refractivity contribution in [3.8, 4) is 0 Å². The largest absolute Gasteiger partial charge is 0.416 e. The predicted octanol–water partition coefficient (Wildman–Crippen LogP) is 4.27. The van der Waals surface area contributed by atoms with Crippen LogP contribution in [0.1, 0.15) is 29.2 Å². The van der Waals surface area contributed by atoms with Crippen molar-refractivity contribution in [2.24, 2.45) is 0 Å². The third-order valence-corrected chi connectivity index (χ3v) is 3.41. The van der Waals surface area contributed by atoms with Gasteiger partial charge in [-0.3, -0.25) is 0 Å². The Morgan fingerprint density at radius 1 is 0.900 bits per heavy atom. The Labute approximate surface area is 115 Å². The standard InChI is InChI=1S/C16H15F3O/c1-11-10-13(16(17,18)19)8-9-14(11)15(2,20)12-6-4-3-5-7-12/h3-10,20H,1-2H3. The van der Waals surface area contributed by atoms with E-state index in [1.54, 1.807) is 38.1 Å². The molecule has 0 amide bonds. The smallest absolute Gasteiger partial charge is 0.381 e. The first kappa shape index (κ1) is 14.6. The molecule has 0 aromatic heterocycles. The molecule has 0 radical (unpaired) electrons. The molecule has 1 nitrogen and oxygen atoms in total. The predicted molar refractivity (Wildman–Crippen MR) is 71.3 cm³/mol. The topological polar surface area (TPSA) is 20.2 Å². The minimum Gasteiger partial charge on any atom is -0.381 e. The van der Waals surface area contributed by atoms with Crippen molar-refractivity contribution in [1.82, 2.24) is 0 Å². The van der Waals surface area contributed by atoms with E-state index in [0.717, 1.165) is 12.1 Å². The number of aryl methyl sites for hydroxylation is 1. The van der Waals surface area contributed by atoms with Crippen LogP contribution in [0, 0.1) is 6.92 Å².